The van der Waals surface area contributed by atoms with Gasteiger partial charge in [0, 0.05) is 25.3 Å². The summed E-state index contributed by atoms with van der Waals surface area (Å²) >= 11 is 5.76. The summed E-state index contributed by atoms with van der Waals surface area (Å²) in [6, 6.07) is 16.5. The SMILES string of the molecule is Cc1ccccc1CCN(Cc1cc2cccc(C)c2[nH]c1=O)C(=S)NC[C@@H]1CCCO1. The van der Waals surface area contributed by atoms with E-state index in [9.17, 15) is 4.79 Å². The number of hydrogen-bond acceptors (Lipinski definition) is 3. The molecule has 1 atom stereocenters. The van der Waals surface area contributed by atoms with Crippen molar-refractivity contribution in [1.29, 1.82) is 0 Å². The molecule has 1 aliphatic rings. The Morgan fingerprint density at radius 3 is 2.75 bits per heavy atom. The van der Waals surface area contributed by atoms with E-state index in [1.807, 2.05) is 31.2 Å². The van der Waals surface area contributed by atoms with E-state index in [1.165, 1.54) is 11.1 Å². The van der Waals surface area contributed by atoms with Gasteiger partial charge in [-0.3, -0.25) is 4.79 Å². The molecule has 2 N–H and O–H groups in total. The molecule has 0 unspecified atom stereocenters. The van der Waals surface area contributed by atoms with Crippen LogP contribution in [0.15, 0.2) is 53.3 Å². The van der Waals surface area contributed by atoms with Gasteiger partial charge in [-0.25, -0.2) is 0 Å². The third-order valence-electron chi connectivity index (χ3n) is 6.23. The smallest absolute Gasteiger partial charge is 0.253 e. The van der Waals surface area contributed by atoms with E-state index in [0.29, 0.717) is 23.8 Å². The molecule has 6 heteroatoms. The fourth-order valence-electron chi connectivity index (χ4n) is 4.27. The molecule has 0 bridgehead atoms. The third-order valence-corrected chi connectivity index (χ3v) is 6.63. The van der Waals surface area contributed by atoms with Crippen LogP contribution in [0.5, 0.6) is 0 Å². The summed E-state index contributed by atoms with van der Waals surface area (Å²) in [4.78, 5) is 18.0. The highest BCUT2D eigenvalue weighted by Crippen LogP contribution is 2.17. The van der Waals surface area contributed by atoms with Gasteiger partial charge in [0.05, 0.1) is 18.2 Å². The summed E-state index contributed by atoms with van der Waals surface area (Å²) in [5.74, 6) is 0. The number of pyridine rings is 1. The van der Waals surface area contributed by atoms with Crippen molar-refractivity contribution in [2.24, 2.45) is 0 Å². The molecule has 0 radical (unpaired) electrons. The fourth-order valence-corrected chi connectivity index (χ4v) is 4.51. The van der Waals surface area contributed by atoms with Gasteiger partial charge in [0.1, 0.15) is 0 Å². The van der Waals surface area contributed by atoms with Crippen molar-refractivity contribution in [3.05, 3.63) is 81.1 Å². The van der Waals surface area contributed by atoms with Crippen LogP contribution in [0.1, 0.15) is 35.1 Å². The predicted molar refractivity (Wildman–Crippen MR) is 134 cm³/mol. The number of aryl methyl sites for hydroxylation is 2. The van der Waals surface area contributed by atoms with Gasteiger partial charge in [-0.05, 0) is 73.5 Å². The Balaban J connectivity index is 1.54. The lowest BCUT2D eigenvalue weighted by atomic mass is 10.1. The molecule has 1 aromatic heterocycles. The average molecular weight is 450 g/mol. The van der Waals surface area contributed by atoms with Gasteiger partial charge in [-0.1, -0.05) is 42.5 Å². The van der Waals surface area contributed by atoms with Crippen molar-refractivity contribution < 1.29 is 4.74 Å². The second-order valence-corrected chi connectivity index (χ2v) is 8.97. The number of rotatable bonds is 7. The van der Waals surface area contributed by atoms with Crippen molar-refractivity contribution in [2.75, 3.05) is 19.7 Å². The summed E-state index contributed by atoms with van der Waals surface area (Å²) in [7, 11) is 0. The van der Waals surface area contributed by atoms with Crippen molar-refractivity contribution in [3.8, 4) is 0 Å². The summed E-state index contributed by atoms with van der Waals surface area (Å²) < 4.78 is 5.73. The Morgan fingerprint density at radius 1 is 1.16 bits per heavy atom. The molecule has 0 aliphatic carbocycles. The van der Waals surface area contributed by atoms with Crippen LogP contribution in [-0.2, 0) is 17.7 Å². The highest BCUT2D eigenvalue weighted by Gasteiger charge is 2.18. The summed E-state index contributed by atoms with van der Waals surface area (Å²) in [6.45, 7) is 6.85. The molecule has 1 saturated heterocycles. The number of aromatic amines is 1. The van der Waals surface area contributed by atoms with Crippen LogP contribution in [0.3, 0.4) is 0 Å². The largest absolute Gasteiger partial charge is 0.376 e. The first-order valence-electron chi connectivity index (χ1n) is 11.3. The van der Waals surface area contributed by atoms with Gasteiger partial charge in [-0.15, -0.1) is 0 Å². The monoisotopic (exact) mass is 449 g/mol. The van der Waals surface area contributed by atoms with Crippen LogP contribution >= 0.6 is 12.2 Å². The summed E-state index contributed by atoms with van der Waals surface area (Å²) in [5.41, 5.74) is 5.18. The van der Waals surface area contributed by atoms with Crippen LogP contribution in [0.4, 0.5) is 0 Å². The zero-order valence-corrected chi connectivity index (χ0v) is 19.6. The minimum absolute atomic E-state index is 0.0605. The average Bonchev–Trinajstić information content (AvgIpc) is 3.31. The molecular weight excluding hydrogens is 418 g/mol. The lowest BCUT2D eigenvalue weighted by Crippen LogP contribution is -2.44. The van der Waals surface area contributed by atoms with Gasteiger partial charge in [0.15, 0.2) is 5.11 Å². The number of H-pyrrole nitrogens is 1. The fraction of sp³-hybridized carbons (Fsp3) is 0.385. The highest BCUT2D eigenvalue weighted by atomic mass is 32.1. The van der Waals surface area contributed by atoms with E-state index in [2.05, 4.69) is 46.4 Å². The minimum Gasteiger partial charge on any atom is -0.376 e. The van der Waals surface area contributed by atoms with Gasteiger partial charge >= 0.3 is 0 Å². The number of nitrogens with one attached hydrogen (secondary N) is 2. The van der Waals surface area contributed by atoms with Gasteiger partial charge in [-0.2, -0.15) is 0 Å². The standard InChI is InChI=1S/C26H31N3O2S/c1-18-7-3-4-9-20(18)12-13-29(26(32)27-16-23-11-6-14-31-23)17-22-15-21-10-5-8-19(2)24(21)28-25(22)30/h3-5,7-10,15,23H,6,11-14,16-17H2,1-2H3,(H,27,32)(H,28,30)/t23-/m0/s1. The minimum atomic E-state index is -0.0605. The van der Waals surface area contributed by atoms with Crippen LogP contribution in [0.25, 0.3) is 10.9 Å². The van der Waals surface area contributed by atoms with E-state index in [-0.39, 0.29) is 11.7 Å². The number of nitrogens with zero attached hydrogens (tertiary/aromatic N) is 1. The number of aromatic nitrogens is 1. The van der Waals surface area contributed by atoms with Crippen molar-refractivity contribution in [2.45, 2.75) is 45.8 Å². The molecule has 1 fully saturated rings. The number of thiocarbonyl (C=S) groups is 1. The number of para-hydroxylation sites is 1. The molecule has 4 rings (SSSR count). The van der Waals surface area contributed by atoms with Crippen molar-refractivity contribution in [1.82, 2.24) is 15.2 Å². The number of fused-ring (bicyclic) bond motifs is 1. The Kier molecular flexibility index (Phi) is 7.22. The van der Waals surface area contributed by atoms with Crippen LogP contribution in [0, 0.1) is 13.8 Å². The Bertz CT molecular complexity index is 1150. The van der Waals surface area contributed by atoms with Gasteiger partial charge in [0.25, 0.3) is 5.56 Å². The van der Waals surface area contributed by atoms with E-state index >= 15 is 0 Å². The predicted octanol–water partition coefficient (Wildman–Crippen LogP) is 4.24. The van der Waals surface area contributed by atoms with Crippen LogP contribution in [-0.4, -0.2) is 40.8 Å². The summed E-state index contributed by atoms with van der Waals surface area (Å²) in [5, 5.41) is 5.08. The Labute approximate surface area is 194 Å². The number of benzene rings is 2. The number of hydrogen-bond donors (Lipinski definition) is 2. The maximum absolute atomic E-state index is 12.9. The third kappa shape index (κ3) is 5.37. The maximum Gasteiger partial charge on any atom is 0.253 e. The molecule has 2 heterocycles. The Morgan fingerprint density at radius 2 is 1.97 bits per heavy atom. The number of ether oxygens (including phenoxy) is 1. The zero-order valence-electron chi connectivity index (χ0n) is 18.8. The van der Waals surface area contributed by atoms with Gasteiger partial charge < -0.3 is 19.9 Å². The molecule has 32 heavy (non-hydrogen) atoms. The highest BCUT2D eigenvalue weighted by molar-refractivity contribution is 7.80. The molecule has 0 saturated carbocycles. The lowest BCUT2D eigenvalue weighted by molar-refractivity contribution is 0.113. The first kappa shape index (κ1) is 22.5. The van der Waals surface area contributed by atoms with E-state index in [1.54, 1.807) is 0 Å². The van der Waals surface area contributed by atoms with Crippen molar-refractivity contribution in [3.63, 3.8) is 0 Å². The molecule has 5 nitrogen and oxygen atoms in total. The molecule has 0 amide bonds. The lowest BCUT2D eigenvalue weighted by Gasteiger charge is -2.27. The topological polar surface area (TPSA) is 57.4 Å². The van der Waals surface area contributed by atoms with Crippen LogP contribution < -0.4 is 10.9 Å². The van der Waals surface area contributed by atoms with E-state index in [0.717, 1.165) is 48.9 Å². The Hall–Kier alpha value is -2.70. The quantitative estimate of drug-likeness (QED) is 0.529. The molecule has 3 aromatic rings. The maximum atomic E-state index is 12.9. The normalized spacial score (nSPS) is 15.8. The van der Waals surface area contributed by atoms with Crippen LogP contribution in [0.2, 0.25) is 0 Å². The molecule has 1 aliphatic heterocycles. The van der Waals surface area contributed by atoms with E-state index < -0.39 is 0 Å². The molecule has 2 aromatic carbocycles. The molecule has 0 spiro atoms. The first-order valence-corrected chi connectivity index (χ1v) is 11.7. The second kappa shape index (κ2) is 10.3. The second-order valence-electron chi connectivity index (χ2n) is 8.58. The van der Waals surface area contributed by atoms with Crippen molar-refractivity contribution >= 4 is 28.2 Å². The van der Waals surface area contributed by atoms with E-state index in [4.69, 9.17) is 17.0 Å². The summed E-state index contributed by atoms with van der Waals surface area (Å²) in [6.07, 6.45) is 3.22. The zero-order chi connectivity index (χ0) is 22.5. The molecule has 168 valence electrons. The molecular formula is C26H31N3O2S. The first-order chi connectivity index (χ1) is 15.5. The van der Waals surface area contributed by atoms with Gasteiger partial charge in [0.2, 0.25) is 0 Å².